The number of benzene rings is 2. The molecule has 1 aliphatic rings. The van der Waals surface area contributed by atoms with Crippen molar-refractivity contribution in [1.29, 1.82) is 0 Å². The second-order valence-electron chi connectivity index (χ2n) is 8.62. The number of anilines is 1. The molecule has 184 valence electrons. The van der Waals surface area contributed by atoms with Gasteiger partial charge < -0.3 is 19.5 Å². The zero-order chi connectivity index (χ0) is 24.6. The normalized spacial score (nSPS) is 13.2. The van der Waals surface area contributed by atoms with Crippen LogP contribution in [-0.4, -0.2) is 42.4 Å². The van der Waals surface area contributed by atoms with Gasteiger partial charge in [-0.15, -0.1) is 11.3 Å². The van der Waals surface area contributed by atoms with Crippen LogP contribution in [0, 0.1) is 6.92 Å². The number of aromatic nitrogens is 1. The molecular formula is C28H32N2O4S. The number of unbranched alkanes of at least 4 members (excludes halogenated alkanes) is 1. The molecule has 0 amide bonds. The first kappa shape index (κ1) is 24.9. The first-order chi connectivity index (χ1) is 17.0. The average molecular weight is 493 g/mol. The number of ether oxygens (including phenoxy) is 2. The average Bonchev–Trinajstić information content (AvgIpc) is 3.18. The lowest BCUT2D eigenvalue weighted by atomic mass is 10.00. The second kappa shape index (κ2) is 12.0. The van der Waals surface area contributed by atoms with E-state index in [0.29, 0.717) is 38.3 Å². The number of thiazole rings is 1. The molecule has 0 saturated heterocycles. The molecule has 0 aliphatic carbocycles. The number of fused-ring (bicyclic) bond motifs is 1. The number of carbonyl (C=O) groups is 1. The molecule has 3 aromatic rings. The first-order valence-electron chi connectivity index (χ1n) is 12.1. The van der Waals surface area contributed by atoms with Crippen molar-refractivity contribution in [2.75, 3.05) is 31.3 Å². The Morgan fingerprint density at radius 3 is 2.63 bits per heavy atom. The van der Waals surface area contributed by atoms with Crippen LogP contribution < -0.4 is 9.64 Å². The Bertz CT molecular complexity index is 1170. The zero-order valence-electron chi connectivity index (χ0n) is 20.3. The Morgan fingerprint density at radius 1 is 1.11 bits per heavy atom. The van der Waals surface area contributed by atoms with Crippen molar-refractivity contribution in [2.24, 2.45) is 0 Å². The summed E-state index contributed by atoms with van der Waals surface area (Å²) in [5.74, 6) is -0.0618. The number of carboxylic acids is 1. The van der Waals surface area contributed by atoms with Crippen LogP contribution in [0.5, 0.6) is 5.75 Å². The van der Waals surface area contributed by atoms with E-state index in [1.54, 1.807) is 11.3 Å². The molecule has 1 N–H and O–H groups in total. The number of hydrogen-bond donors (Lipinski definition) is 1. The summed E-state index contributed by atoms with van der Waals surface area (Å²) in [4.78, 5) is 18.6. The summed E-state index contributed by atoms with van der Waals surface area (Å²) in [6, 6.07) is 14.2. The van der Waals surface area contributed by atoms with Crippen LogP contribution in [0.1, 0.15) is 42.5 Å². The van der Waals surface area contributed by atoms with Crippen LogP contribution in [0.15, 0.2) is 53.4 Å². The van der Waals surface area contributed by atoms with Gasteiger partial charge in [-0.25, -0.2) is 9.78 Å². The van der Waals surface area contributed by atoms with Crippen LogP contribution >= 0.6 is 11.3 Å². The fraction of sp³-hybridized carbons (Fsp3) is 0.357. The van der Waals surface area contributed by atoms with Crippen LogP contribution in [0.3, 0.4) is 0 Å². The van der Waals surface area contributed by atoms with Gasteiger partial charge in [0.25, 0.3) is 0 Å². The molecule has 2 heterocycles. The van der Waals surface area contributed by atoms with E-state index in [2.05, 4.69) is 40.4 Å². The fourth-order valence-electron chi connectivity index (χ4n) is 4.09. The lowest BCUT2D eigenvalue weighted by Gasteiger charge is -2.24. The van der Waals surface area contributed by atoms with Crippen molar-refractivity contribution in [2.45, 2.75) is 39.7 Å². The van der Waals surface area contributed by atoms with Gasteiger partial charge in [0.15, 0.2) is 0 Å². The van der Waals surface area contributed by atoms with E-state index in [0.717, 1.165) is 58.3 Å². The molecule has 1 aromatic heterocycles. The summed E-state index contributed by atoms with van der Waals surface area (Å²) in [6.07, 6.45) is 4.49. The molecule has 1 aliphatic heterocycles. The van der Waals surface area contributed by atoms with Crippen LogP contribution in [-0.2, 0) is 16.1 Å². The SMILES string of the molecule is CCCCOCCOc1ccc(-c2ccc3c(c2)C=C(C(=O)O)CCN3Cc2csc(C)n2)cc1. The Balaban J connectivity index is 1.51. The number of nitrogens with zero attached hydrogens (tertiary/aromatic N) is 2. The number of hydrogen-bond acceptors (Lipinski definition) is 6. The van der Waals surface area contributed by atoms with Gasteiger partial charge in [-0.1, -0.05) is 31.5 Å². The van der Waals surface area contributed by atoms with Gasteiger partial charge in [-0.3, -0.25) is 0 Å². The highest BCUT2D eigenvalue weighted by atomic mass is 32.1. The van der Waals surface area contributed by atoms with Crippen molar-refractivity contribution in [3.05, 3.63) is 69.7 Å². The quantitative estimate of drug-likeness (QED) is 0.322. The molecule has 0 radical (unpaired) electrons. The highest BCUT2D eigenvalue weighted by Crippen LogP contribution is 2.34. The van der Waals surface area contributed by atoms with Gasteiger partial charge in [0.1, 0.15) is 12.4 Å². The second-order valence-corrected chi connectivity index (χ2v) is 9.68. The van der Waals surface area contributed by atoms with Crippen molar-refractivity contribution < 1.29 is 19.4 Å². The van der Waals surface area contributed by atoms with Crippen molar-refractivity contribution in [1.82, 2.24) is 4.98 Å². The maximum atomic E-state index is 11.8. The lowest BCUT2D eigenvalue weighted by Crippen LogP contribution is -2.24. The van der Waals surface area contributed by atoms with Gasteiger partial charge in [-0.2, -0.15) is 0 Å². The molecule has 0 saturated carbocycles. The number of aliphatic carboxylic acids is 1. The van der Waals surface area contributed by atoms with Gasteiger partial charge in [0.05, 0.1) is 23.9 Å². The van der Waals surface area contributed by atoms with Crippen molar-refractivity contribution in [3.63, 3.8) is 0 Å². The highest BCUT2D eigenvalue weighted by molar-refractivity contribution is 7.09. The zero-order valence-corrected chi connectivity index (χ0v) is 21.1. The monoisotopic (exact) mass is 492 g/mol. The molecule has 0 fully saturated rings. The Hall–Kier alpha value is -3.16. The van der Waals surface area contributed by atoms with E-state index in [1.807, 2.05) is 37.3 Å². The van der Waals surface area contributed by atoms with E-state index in [-0.39, 0.29) is 0 Å². The molecular weight excluding hydrogens is 460 g/mol. The lowest BCUT2D eigenvalue weighted by molar-refractivity contribution is -0.132. The molecule has 35 heavy (non-hydrogen) atoms. The highest BCUT2D eigenvalue weighted by Gasteiger charge is 2.20. The summed E-state index contributed by atoms with van der Waals surface area (Å²) in [5, 5.41) is 12.8. The van der Waals surface area contributed by atoms with Gasteiger partial charge in [0.2, 0.25) is 0 Å². The molecule has 0 spiro atoms. The molecule has 0 bridgehead atoms. The summed E-state index contributed by atoms with van der Waals surface area (Å²) in [6.45, 7) is 7.32. The summed E-state index contributed by atoms with van der Waals surface area (Å²) >= 11 is 1.63. The van der Waals surface area contributed by atoms with Crippen molar-refractivity contribution in [3.8, 4) is 16.9 Å². The fourth-order valence-corrected chi connectivity index (χ4v) is 4.70. The molecule has 6 nitrogen and oxygen atoms in total. The van der Waals surface area contributed by atoms with E-state index in [4.69, 9.17) is 9.47 Å². The van der Waals surface area contributed by atoms with E-state index in [1.165, 1.54) is 0 Å². The van der Waals surface area contributed by atoms with E-state index in [9.17, 15) is 9.90 Å². The Labute approximate surface area is 210 Å². The smallest absolute Gasteiger partial charge is 0.331 e. The third-order valence-electron chi connectivity index (χ3n) is 5.97. The third kappa shape index (κ3) is 6.71. The van der Waals surface area contributed by atoms with Gasteiger partial charge >= 0.3 is 5.97 Å². The number of rotatable bonds is 11. The minimum absolute atomic E-state index is 0.422. The maximum absolute atomic E-state index is 11.8. The minimum atomic E-state index is -0.868. The summed E-state index contributed by atoms with van der Waals surface area (Å²) in [5.41, 5.74) is 5.45. The topological polar surface area (TPSA) is 71.9 Å². The van der Waals surface area contributed by atoms with Crippen LogP contribution in [0.2, 0.25) is 0 Å². The molecule has 2 aromatic carbocycles. The van der Waals surface area contributed by atoms with E-state index < -0.39 is 5.97 Å². The van der Waals surface area contributed by atoms with Crippen LogP contribution in [0.4, 0.5) is 5.69 Å². The standard InChI is InChI=1S/C28H32N2O4S/c1-3-4-13-33-14-15-34-26-8-5-21(6-9-26)22-7-10-27-24(16-22)17-23(28(31)32)11-12-30(27)18-25-19-35-20(2)29-25/h5-10,16-17,19H,3-4,11-15,18H2,1-2H3,(H,31,32). The molecule has 7 heteroatoms. The Morgan fingerprint density at radius 2 is 1.91 bits per heavy atom. The van der Waals surface area contributed by atoms with Gasteiger partial charge in [0, 0.05) is 29.8 Å². The molecule has 0 atom stereocenters. The number of aryl methyl sites for hydroxylation is 1. The first-order valence-corrected chi connectivity index (χ1v) is 13.0. The predicted octanol–water partition coefficient (Wildman–Crippen LogP) is 6.19. The van der Waals surface area contributed by atoms with Gasteiger partial charge in [-0.05, 0) is 66.8 Å². The summed E-state index contributed by atoms with van der Waals surface area (Å²) in [7, 11) is 0. The maximum Gasteiger partial charge on any atom is 0.331 e. The minimum Gasteiger partial charge on any atom is -0.491 e. The van der Waals surface area contributed by atoms with Crippen LogP contribution in [0.25, 0.3) is 17.2 Å². The summed E-state index contributed by atoms with van der Waals surface area (Å²) < 4.78 is 11.3. The predicted molar refractivity (Wildman–Crippen MR) is 141 cm³/mol. The molecule has 4 rings (SSSR count). The largest absolute Gasteiger partial charge is 0.491 e. The Kier molecular flexibility index (Phi) is 8.55. The van der Waals surface area contributed by atoms with E-state index >= 15 is 0 Å². The third-order valence-corrected chi connectivity index (χ3v) is 6.79. The number of carboxylic acid groups (broad SMARTS) is 1. The van der Waals surface area contributed by atoms with Crippen molar-refractivity contribution >= 4 is 29.1 Å². The molecule has 0 unspecified atom stereocenters.